The first kappa shape index (κ1) is 28.0. The van der Waals surface area contributed by atoms with Gasteiger partial charge in [0, 0.05) is 56.2 Å². The van der Waals surface area contributed by atoms with Gasteiger partial charge >= 0.3 is 6.03 Å². The fourth-order valence-corrected chi connectivity index (χ4v) is 9.90. The number of urea groups is 1. The lowest BCUT2D eigenvalue weighted by molar-refractivity contribution is -0.108. The van der Waals surface area contributed by atoms with Crippen molar-refractivity contribution in [3.8, 4) is 0 Å². The van der Waals surface area contributed by atoms with Crippen LogP contribution in [-0.4, -0.2) is 80.0 Å². The molecule has 2 N–H and O–H groups in total. The van der Waals surface area contributed by atoms with Gasteiger partial charge in [0.15, 0.2) is 0 Å². The summed E-state index contributed by atoms with van der Waals surface area (Å²) in [6.45, 7) is 7.10. The second-order valence-corrected chi connectivity index (χ2v) is 15.9. The molecule has 10 heteroatoms. The zero-order chi connectivity index (χ0) is 29.2. The number of carbonyl (C=O) groups is 1. The number of sulfonamides is 1. The fourth-order valence-electron chi connectivity index (χ4n) is 8.63. The standard InChI is InChI=1S/C32H43N5O4S/c1-22(2)42(40,41)35-13-11-34(12-14-35)26-7-9-27(10-8-26)36-15-16-37(29-6-4-3-5-28(29)36)31(39)33-32-19-23-17-24(20-32)30(38)25(18-23)21-32/h3-10,22-25,30,38H,11-21H2,1-2H3,(H,33,39)/t23?,24-,25?,30?,32?/m0/s1. The number of carbonyl (C=O) groups excluding carboxylic acids is 1. The van der Waals surface area contributed by atoms with Gasteiger partial charge < -0.3 is 20.2 Å². The van der Waals surface area contributed by atoms with Crippen LogP contribution >= 0.6 is 0 Å². The Hall–Kier alpha value is -2.82. The van der Waals surface area contributed by atoms with E-state index in [4.69, 9.17) is 0 Å². The van der Waals surface area contributed by atoms with E-state index >= 15 is 0 Å². The first-order chi connectivity index (χ1) is 20.1. The molecule has 0 radical (unpaired) electrons. The molecule has 4 aliphatic carbocycles. The minimum atomic E-state index is -3.22. The quantitative estimate of drug-likeness (QED) is 0.541. The summed E-state index contributed by atoms with van der Waals surface area (Å²) in [7, 11) is -3.22. The van der Waals surface area contributed by atoms with E-state index in [0.717, 1.165) is 54.9 Å². The summed E-state index contributed by atoms with van der Waals surface area (Å²) >= 11 is 0. The lowest BCUT2D eigenvalue weighted by Gasteiger charge is -2.59. The molecule has 2 amide bonds. The average Bonchev–Trinajstić information content (AvgIpc) is 2.98. The predicted octanol–water partition coefficient (Wildman–Crippen LogP) is 4.15. The predicted molar refractivity (Wildman–Crippen MR) is 166 cm³/mol. The second kappa shape index (κ2) is 10.4. The van der Waals surface area contributed by atoms with Crippen LogP contribution in [0.4, 0.5) is 27.5 Å². The summed E-state index contributed by atoms with van der Waals surface area (Å²) in [5.41, 5.74) is 3.91. The van der Waals surface area contributed by atoms with Crippen molar-refractivity contribution in [1.29, 1.82) is 0 Å². The van der Waals surface area contributed by atoms with Crippen molar-refractivity contribution in [2.45, 2.75) is 62.8 Å². The van der Waals surface area contributed by atoms with E-state index in [1.807, 2.05) is 23.1 Å². The van der Waals surface area contributed by atoms with Crippen LogP contribution in [-0.2, 0) is 10.0 Å². The van der Waals surface area contributed by atoms with Gasteiger partial charge in [0.2, 0.25) is 10.0 Å². The molecular formula is C32H43N5O4S. The number of fused-ring (bicyclic) bond motifs is 1. The molecule has 2 aromatic carbocycles. The maximum Gasteiger partial charge on any atom is 0.322 e. The maximum absolute atomic E-state index is 13.8. The molecular weight excluding hydrogens is 550 g/mol. The smallest absolute Gasteiger partial charge is 0.322 e. The highest BCUT2D eigenvalue weighted by molar-refractivity contribution is 7.89. The minimum absolute atomic E-state index is 0.0208. The molecule has 4 saturated carbocycles. The largest absolute Gasteiger partial charge is 0.393 e. The molecule has 226 valence electrons. The van der Waals surface area contributed by atoms with Gasteiger partial charge in [-0.1, -0.05) is 12.1 Å². The molecule has 2 aliphatic heterocycles. The molecule has 5 fully saturated rings. The van der Waals surface area contributed by atoms with Crippen LogP contribution in [0.1, 0.15) is 46.0 Å². The number of nitrogens with one attached hydrogen (secondary N) is 1. The monoisotopic (exact) mass is 593 g/mol. The number of anilines is 4. The van der Waals surface area contributed by atoms with Crippen molar-refractivity contribution in [3.05, 3.63) is 48.5 Å². The van der Waals surface area contributed by atoms with Crippen molar-refractivity contribution in [3.63, 3.8) is 0 Å². The maximum atomic E-state index is 13.8. The summed E-state index contributed by atoms with van der Waals surface area (Å²) in [5.74, 6) is 1.26. The number of aliphatic hydroxyl groups excluding tert-OH is 1. The van der Waals surface area contributed by atoms with Crippen LogP contribution in [0.5, 0.6) is 0 Å². The Kier molecular flexibility index (Phi) is 6.94. The summed E-state index contributed by atoms with van der Waals surface area (Å²) in [6, 6.07) is 16.6. The number of nitrogens with zero attached hydrogens (tertiary/aromatic N) is 4. The third kappa shape index (κ3) is 4.75. The molecule has 42 heavy (non-hydrogen) atoms. The normalized spacial score (nSPS) is 31.0. The highest BCUT2D eigenvalue weighted by Crippen LogP contribution is 2.56. The number of hydrogen-bond acceptors (Lipinski definition) is 6. The Morgan fingerprint density at radius 3 is 2.12 bits per heavy atom. The molecule has 5 atom stereocenters. The molecule has 9 nitrogen and oxygen atoms in total. The molecule has 4 unspecified atom stereocenters. The summed E-state index contributed by atoms with van der Waals surface area (Å²) in [4.78, 5) is 20.2. The molecule has 1 saturated heterocycles. The van der Waals surface area contributed by atoms with Gasteiger partial charge in [-0.05, 0) is 100 Å². The number of hydrogen-bond donors (Lipinski definition) is 2. The summed E-state index contributed by atoms with van der Waals surface area (Å²) in [5, 5.41) is 13.8. The van der Waals surface area contributed by atoms with Crippen LogP contribution in [0, 0.1) is 17.8 Å². The highest BCUT2D eigenvalue weighted by atomic mass is 32.2. The van der Waals surface area contributed by atoms with Gasteiger partial charge in [0.1, 0.15) is 0 Å². The average molecular weight is 594 g/mol. The zero-order valence-corrected chi connectivity index (χ0v) is 25.5. The first-order valence-corrected chi connectivity index (χ1v) is 17.1. The minimum Gasteiger partial charge on any atom is -0.393 e. The molecule has 2 aromatic rings. The fraction of sp³-hybridized carbons (Fsp3) is 0.594. The van der Waals surface area contributed by atoms with E-state index in [2.05, 4.69) is 45.4 Å². The van der Waals surface area contributed by atoms with Gasteiger partial charge in [0.25, 0.3) is 0 Å². The molecule has 0 spiro atoms. The first-order valence-electron chi connectivity index (χ1n) is 15.6. The third-order valence-electron chi connectivity index (χ3n) is 10.6. The molecule has 0 aromatic heterocycles. The number of aliphatic hydroxyl groups is 1. The number of benzene rings is 2. The van der Waals surface area contributed by atoms with Gasteiger partial charge in [-0.25, -0.2) is 13.2 Å². The zero-order valence-electron chi connectivity index (χ0n) is 24.7. The Morgan fingerprint density at radius 1 is 0.857 bits per heavy atom. The Balaban J connectivity index is 1.04. The molecule has 8 rings (SSSR count). The van der Waals surface area contributed by atoms with Crippen LogP contribution < -0.4 is 20.0 Å². The summed E-state index contributed by atoms with van der Waals surface area (Å²) in [6.07, 6.45) is 4.83. The van der Waals surface area contributed by atoms with E-state index in [-0.39, 0.29) is 17.7 Å². The van der Waals surface area contributed by atoms with Crippen molar-refractivity contribution < 1.29 is 18.3 Å². The van der Waals surface area contributed by atoms with Gasteiger partial charge in [-0.3, -0.25) is 4.90 Å². The van der Waals surface area contributed by atoms with Gasteiger partial charge in [-0.15, -0.1) is 0 Å². The Labute approximate surface area is 249 Å². The lowest BCUT2D eigenvalue weighted by Crippen LogP contribution is -2.65. The van der Waals surface area contributed by atoms with Crippen molar-refractivity contribution in [2.24, 2.45) is 17.8 Å². The van der Waals surface area contributed by atoms with Crippen LogP contribution in [0.3, 0.4) is 0 Å². The SMILES string of the molecule is CC(C)S(=O)(=O)N1CCN(c2ccc(N3CCN(C(=O)NC45CC6CC(C4)C(O)[C@@H](C6)C5)c4ccccc43)cc2)CC1. The highest BCUT2D eigenvalue weighted by Gasteiger charge is 2.56. The van der Waals surface area contributed by atoms with E-state index in [0.29, 0.717) is 57.0 Å². The number of amides is 2. The number of para-hydroxylation sites is 2. The van der Waals surface area contributed by atoms with Crippen molar-refractivity contribution >= 4 is 38.8 Å². The molecule has 4 bridgehead atoms. The lowest BCUT2D eigenvalue weighted by atomic mass is 9.52. The second-order valence-electron chi connectivity index (χ2n) is 13.5. The van der Waals surface area contributed by atoms with Crippen LogP contribution in [0.15, 0.2) is 48.5 Å². The molecule has 2 heterocycles. The van der Waals surface area contributed by atoms with Gasteiger partial charge in [0.05, 0.1) is 22.7 Å². The number of piperazine rings is 1. The van der Waals surface area contributed by atoms with E-state index in [9.17, 15) is 18.3 Å². The van der Waals surface area contributed by atoms with E-state index < -0.39 is 15.3 Å². The van der Waals surface area contributed by atoms with Crippen LogP contribution in [0.2, 0.25) is 0 Å². The topological polar surface area (TPSA) is 96.4 Å². The molecule has 6 aliphatic rings. The Morgan fingerprint density at radius 2 is 1.48 bits per heavy atom. The van der Waals surface area contributed by atoms with E-state index in [1.54, 1.807) is 18.2 Å². The van der Waals surface area contributed by atoms with Crippen molar-refractivity contribution in [1.82, 2.24) is 9.62 Å². The number of rotatable bonds is 5. The van der Waals surface area contributed by atoms with Crippen molar-refractivity contribution in [2.75, 3.05) is 54.0 Å². The summed E-state index contributed by atoms with van der Waals surface area (Å²) < 4.78 is 26.7. The van der Waals surface area contributed by atoms with Crippen LogP contribution in [0.25, 0.3) is 0 Å². The van der Waals surface area contributed by atoms with Gasteiger partial charge in [-0.2, -0.15) is 4.31 Å². The Bertz CT molecular complexity index is 1420. The third-order valence-corrected chi connectivity index (χ3v) is 12.8. The van der Waals surface area contributed by atoms with E-state index in [1.165, 1.54) is 0 Å².